The summed E-state index contributed by atoms with van der Waals surface area (Å²) in [6.45, 7) is 9.57. The summed E-state index contributed by atoms with van der Waals surface area (Å²) < 4.78 is 5.99. The summed E-state index contributed by atoms with van der Waals surface area (Å²) in [6, 6.07) is 6.34. The molecule has 0 radical (unpaired) electrons. The minimum absolute atomic E-state index is 0.0402. The van der Waals surface area contributed by atoms with Crippen molar-refractivity contribution in [2.45, 2.75) is 6.92 Å². The third-order valence-electron chi connectivity index (χ3n) is 4.10. The summed E-state index contributed by atoms with van der Waals surface area (Å²) in [5, 5.41) is 0. The number of thioether (sulfide) groups is 1. The number of anilines is 1. The molecule has 0 aliphatic carbocycles. The molecule has 24 heavy (non-hydrogen) atoms. The van der Waals surface area contributed by atoms with Gasteiger partial charge in [-0.1, -0.05) is 36.1 Å². The number of carbonyl (C=O) groups is 1. The van der Waals surface area contributed by atoms with Gasteiger partial charge in [0, 0.05) is 25.3 Å². The van der Waals surface area contributed by atoms with Gasteiger partial charge in [0.2, 0.25) is 0 Å². The van der Waals surface area contributed by atoms with Gasteiger partial charge in [-0.05, 0) is 36.3 Å². The molecule has 2 fully saturated rings. The number of thiocarbonyl (C=S) groups is 1. The first kappa shape index (κ1) is 17.2. The number of benzene rings is 1. The average molecular weight is 361 g/mol. The van der Waals surface area contributed by atoms with Crippen LogP contribution in [0.15, 0.2) is 35.8 Å². The van der Waals surface area contributed by atoms with Crippen LogP contribution in [0.5, 0.6) is 0 Å². The van der Waals surface area contributed by atoms with E-state index in [9.17, 15) is 4.79 Å². The number of hydrogen-bond acceptors (Lipinski definition) is 5. The molecule has 0 spiro atoms. The average Bonchev–Trinajstić information content (AvgIpc) is 2.85. The second-order valence-corrected chi connectivity index (χ2v) is 7.40. The fourth-order valence-corrected chi connectivity index (χ4v) is 4.03. The van der Waals surface area contributed by atoms with Crippen molar-refractivity contribution in [2.75, 3.05) is 37.7 Å². The number of hydrogen-bond donors (Lipinski definition) is 0. The van der Waals surface area contributed by atoms with E-state index in [0.29, 0.717) is 15.8 Å². The number of amides is 1. The lowest BCUT2D eigenvalue weighted by atomic mass is 10.1. The summed E-state index contributed by atoms with van der Waals surface area (Å²) in [7, 11) is 0. The van der Waals surface area contributed by atoms with Crippen LogP contribution >= 0.6 is 24.0 Å². The number of rotatable bonds is 4. The largest absolute Gasteiger partial charge is 0.378 e. The van der Waals surface area contributed by atoms with Crippen molar-refractivity contribution in [2.24, 2.45) is 0 Å². The van der Waals surface area contributed by atoms with E-state index in [-0.39, 0.29) is 5.91 Å². The topological polar surface area (TPSA) is 32.8 Å². The van der Waals surface area contributed by atoms with Gasteiger partial charge in [-0.2, -0.15) is 0 Å². The monoisotopic (exact) mass is 360 g/mol. The summed E-state index contributed by atoms with van der Waals surface area (Å²) >= 11 is 6.63. The molecule has 0 unspecified atom stereocenters. The Labute approximate surface area is 152 Å². The van der Waals surface area contributed by atoms with E-state index in [0.717, 1.165) is 37.4 Å². The van der Waals surface area contributed by atoms with Crippen LogP contribution in [0, 0.1) is 6.92 Å². The Morgan fingerprint density at radius 1 is 1.38 bits per heavy atom. The molecule has 1 aromatic carbocycles. The van der Waals surface area contributed by atoms with E-state index < -0.39 is 0 Å². The highest BCUT2D eigenvalue weighted by molar-refractivity contribution is 8.26. The van der Waals surface area contributed by atoms with Crippen molar-refractivity contribution in [1.29, 1.82) is 0 Å². The van der Waals surface area contributed by atoms with E-state index in [2.05, 4.69) is 36.6 Å². The van der Waals surface area contributed by atoms with Crippen LogP contribution in [0.1, 0.15) is 11.1 Å². The first-order valence-electron chi connectivity index (χ1n) is 7.90. The van der Waals surface area contributed by atoms with Crippen molar-refractivity contribution in [1.82, 2.24) is 4.90 Å². The lowest BCUT2D eigenvalue weighted by Gasteiger charge is -2.29. The van der Waals surface area contributed by atoms with Gasteiger partial charge in [0.05, 0.1) is 18.1 Å². The lowest BCUT2D eigenvalue weighted by molar-refractivity contribution is -0.121. The lowest BCUT2D eigenvalue weighted by Crippen LogP contribution is -2.36. The van der Waals surface area contributed by atoms with Crippen LogP contribution in [0.25, 0.3) is 6.08 Å². The number of ether oxygens (including phenoxy) is 1. The molecule has 2 heterocycles. The van der Waals surface area contributed by atoms with Crippen LogP contribution in [-0.2, 0) is 9.53 Å². The Kier molecular flexibility index (Phi) is 5.38. The Morgan fingerprint density at radius 2 is 2.12 bits per heavy atom. The van der Waals surface area contributed by atoms with Gasteiger partial charge >= 0.3 is 0 Å². The quantitative estimate of drug-likeness (QED) is 0.468. The summed E-state index contributed by atoms with van der Waals surface area (Å²) in [4.78, 5) is 17.0. The zero-order valence-corrected chi connectivity index (χ0v) is 15.3. The predicted octanol–water partition coefficient (Wildman–Crippen LogP) is 3.22. The maximum atomic E-state index is 12.4. The number of aryl methyl sites for hydroxylation is 1. The van der Waals surface area contributed by atoms with Crippen molar-refractivity contribution in [3.05, 3.63) is 46.9 Å². The Hall–Kier alpha value is -1.63. The normalized spacial score (nSPS) is 20.1. The van der Waals surface area contributed by atoms with E-state index in [4.69, 9.17) is 17.0 Å². The van der Waals surface area contributed by atoms with E-state index >= 15 is 0 Å². The predicted molar refractivity (Wildman–Crippen MR) is 104 cm³/mol. The van der Waals surface area contributed by atoms with E-state index in [1.165, 1.54) is 17.4 Å². The van der Waals surface area contributed by atoms with Gasteiger partial charge < -0.3 is 9.64 Å². The molecule has 2 aliphatic rings. The molecule has 0 bridgehead atoms. The molecule has 1 amide bonds. The minimum atomic E-state index is -0.0402. The van der Waals surface area contributed by atoms with Crippen LogP contribution < -0.4 is 4.90 Å². The number of morpholine rings is 1. The molecule has 0 saturated carbocycles. The maximum absolute atomic E-state index is 12.4. The second-order valence-electron chi connectivity index (χ2n) is 5.72. The molecule has 0 atom stereocenters. The maximum Gasteiger partial charge on any atom is 0.266 e. The minimum Gasteiger partial charge on any atom is -0.378 e. The second kappa shape index (κ2) is 7.51. The summed E-state index contributed by atoms with van der Waals surface area (Å²) in [5.41, 5.74) is 3.39. The van der Waals surface area contributed by atoms with Gasteiger partial charge in [-0.15, -0.1) is 6.58 Å². The Balaban J connectivity index is 1.81. The first-order valence-corrected chi connectivity index (χ1v) is 9.12. The Bertz CT molecular complexity index is 709. The molecule has 0 aromatic heterocycles. The van der Waals surface area contributed by atoms with Crippen molar-refractivity contribution < 1.29 is 9.53 Å². The van der Waals surface area contributed by atoms with E-state index in [1.54, 1.807) is 11.0 Å². The molecule has 3 rings (SSSR count). The first-order chi connectivity index (χ1) is 11.6. The SMILES string of the molecule is C=CCN1C(=O)/C(=C\c2ccc(N3CCOCC3)cc2C)SC1=S. The highest BCUT2D eigenvalue weighted by Crippen LogP contribution is 2.33. The van der Waals surface area contributed by atoms with Crippen LogP contribution in [0.2, 0.25) is 0 Å². The molecule has 2 saturated heterocycles. The molecule has 126 valence electrons. The van der Waals surface area contributed by atoms with Crippen molar-refractivity contribution >= 4 is 46.0 Å². The van der Waals surface area contributed by atoms with Crippen LogP contribution in [0.3, 0.4) is 0 Å². The van der Waals surface area contributed by atoms with E-state index in [1.807, 2.05) is 6.08 Å². The van der Waals surface area contributed by atoms with Gasteiger partial charge in [-0.3, -0.25) is 9.69 Å². The molecule has 0 N–H and O–H groups in total. The molecule has 1 aromatic rings. The molecular weight excluding hydrogens is 340 g/mol. The zero-order chi connectivity index (χ0) is 17.1. The van der Waals surface area contributed by atoms with Gasteiger partial charge in [-0.25, -0.2) is 0 Å². The van der Waals surface area contributed by atoms with Crippen molar-refractivity contribution in [3.63, 3.8) is 0 Å². The van der Waals surface area contributed by atoms with Crippen LogP contribution in [0.4, 0.5) is 5.69 Å². The highest BCUT2D eigenvalue weighted by atomic mass is 32.2. The van der Waals surface area contributed by atoms with Gasteiger partial charge in [0.1, 0.15) is 4.32 Å². The standard InChI is InChI=1S/C18H20N2O2S2/c1-3-6-20-17(21)16(24-18(20)23)12-14-4-5-15(11-13(14)2)19-7-9-22-10-8-19/h3-5,11-12H,1,6-10H2,2H3/b16-12+. The third-order valence-corrected chi connectivity index (χ3v) is 5.48. The fourth-order valence-electron chi connectivity index (χ4n) is 2.77. The molecular formula is C18H20N2O2S2. The molecule has 6 heteroatoms. The van der Waals surface area contributed by atoms with Gasteiger partial charge in [0.15, 0.2) is 0 Å². The smallest absolute Gasteiger partial charge is 0.266 e. The van der Waals surface area contributed by atoms with Crippen molar-refractivity contribution in [3.8, 4) is 0 Å². The summed E-state index contributed by atoms with van der Waals surface area (Å²) in [5.74, 6) is -0.0402. The van der Waals surface area contributed by atoms with Crippen LogP contribution in [-0.4, -0.2) is 48.0 Å². The zero-order valence-electron chi connectivity index (χ0n) is 13.7. The number of carbonyl (C=O) groups excluding carboxylic acids is 1. The fraction of sp³-hybridized carbons (Fsp3) is 0.333. The Morgan fingerprint density at radius 3 is 2.79 bits per heavy atom. The summed E-state index contributed by atoms with van der Waals surface area (Å²) in [6.07, 6.45) is 3.62. The highest BCUT2D eigenvalue weighted by Gasteiger charge is 2.31. The number of nitrogens with zero attached hydrogens (tertiary/aromatic N) is 2. The van der Waals surface area contributed by atoms with Gasteiger partial charge in [0.25, 0.3) is 5.91 Å². The third kappa shape index (κ3) is 3.55. The molecule has 2 aliphatic heterocycles. The molecule has 4 nitrogen and oxygen atoms in total.